The highest BCUT2D eigenvalue weighted by atomic mass is 16.5. The Hall–Kier alpha value is -4.27. The van der Waals surface area contributed by atoms with Gasteiger partial charge in [-0.15, -0.1) is 0 Å². The van der Waals surface area contributed by atoms with Gasteiger partial charge in [-0.3, -0.25) is 14.4 Å². The summed E-state index contributed by atoms with van der Waals surface area (Å²) in [6.07, 6.45) is 2.06. The molecule has 4 rings (SSSR count). The molecule has 38 heavy (non-hydrogen) atoms. The van der Waals surface area contributed by atoms with Crippen LogP contribution >= 0.6 is 0 Å². The quantitative estimate of drug-likeness (QED) is 0.439. The van der Waals surface area contributed by atoms with Crippen molar-refractivity contribution in [1.82, 2.24) is 5.32 Å². The number of allylic oxidation sites excluding steroid dienone is 3. The lowest BCUT2D eigenvalue weighted by Gasteiger charge is -2.27. The van der Waals surface area contributed by atoms with Crippen LogP contribution in [0, 0.1) is 13.8 Å². The van der Waals surface area contributed by atoms with Crippen LogP contribution in [0.15, 0.2) is 41.4 Å². The molecule has 0 unspecified atom stereocenters. The molecule has 1 heterocycles. The summed E-state index contributed by atoms with van der Waals surface area (Å²) in [5.74, 6) is -2.06. The van der Waals surface area contributed by atoms with E-state index in [0.717, 1.165) is 28.9 Å². The summed E-state index contributed by atoms with van der Waals surface area (Å²) in [5, 5.41) is 24.1. The molecule has 0 saturated carbocycles. The number of hydrogen-bond donors (Lipinski definition) is 3. The first-order valence-electron chi connectivity index (χ1n) is 12.3. The normalized spacial score (nSPS) is 17.8. The second-order valence-electron chi connectivity index (χ2n) is 9.63. The zero-order valence-corrected chi connectivity index (χ0v) is 22.3. The van der Waals surface area contributed by atoms with Gasteiger partial charge in [-0.2, -0.15) is 0 Å². The number of hydrogen-bond acceptors (Lipinski definition) is 8. The van der Waals surface area contributed by atoms with Gasteiger partial charge in [0.2, 0.25) is 0 Å². The number of Topliss-reactive ketones (excluding diaryl/α,β-unsaturated/α-hetero) is 2. The van der Waals surface area contributed by atoms with Gasteiger partial charge in [0, 0.05) is 18.7 Å². The molecule has 1 aliphatic carbocycles. The van der Waals surface area contributed by atoms with Crippen LogP contribution in [-0.4, -0.2) is 41.4 Å². The van der Waals surface area contributed by atoms with E-state index in [1.807, 2.05) is 32.9 Å². The number of ether oxygens (including phenoxy) is 3. The number of methoxy groups -OCH3 is 1. The SMILES string of the molecule is CCCOc1cc(C)c(CNC(=O)c2c(OC)cc(O)c3c2OC2=CC(O)=C(C(C)=O)C(=O)[C@]23C)c(C)c1. The Morgan fingerprint density at radius 1 is 1.13 bits per heavy atom. The lowest BCUT2D eigenvalue weighted by Crippen LogP contribution is -2.38. The number of phenolic OH excluding ortho intramolecular Hbond substituents is 1. The number of ketones is 2. The van der Waals surface area contributed by atoms with E-state index >= 15 is 0 Å². The third-order valence-corrected chi connectivity index (χ3v) is 7.00. The Labute approximate surface area is 220 Å². The van der Waals surface area contributed by atoms with E-state index in [4.69, 9.17) is 14.2 Å². The fourth-order valence-corrected chi connectivity index (χ4v) is 5.01. The van der Waals surface area contributed by atoms with Gasteiger partial charge in [-0.05, 0) is 62.9 Å². The number of fused-ring (bicyclic) bond motifs is 3. The minimum atomic E-state index is -1.62. The van der Waals surface area contributed by atoms with E-state index < -0.39 is 34.2 Å². The van der Waals surface area contributed by atoms with Crippen LogP contribution < -0.4 is 19.5 Å². The Bertz CT molecular complexity index is 1410. The summed E-state index contributed by atoms with van der Waals surface area (Å²) in [6.45, 7) is 9.35. The number of aryl methyl sites for hydroxylation is 2. The number of nitrogens with one attached hydrogen (secondary N) is 1. The predicted octanol–water partition coefficient (Wildman–Crippen LogP) is 4.25. The zero-order valence-electron chi connectivity index (χ0n) is 22.3. The van der Waals surface area contributed by atoms with E-state index in [2.05, 4.69) is 5.32 Å². The maximum Gasteiger partial charge on any atom is 0.259 e. The molecule has 2 aliphatic rings. The van der Waals surface area contributed by atoms with Crippen molar-refractivity contribution in [2.45, 2.75) is 53.0 Å². The number of carbonyl (C=O) groups is 3. The largest absolute Gasteiger partial charge is 0.507 e. The first-order valence-corrected chi connectivity index (χ1v) is 12.3. The first-order chi connectivity index (χ1) is 17.9. The Morgan fingerprint density at radius 3 is 2.37 bits per heavy atom. The second kappa shape index (κ2) is 9.89. The number of aliphatic hydroxyl groups excluding tert-OH is 1. The van der Waals surface area contributed by atoms with Crippen LogP contribution in [0.2, 0.25) is 0 Å². The second-order valence-corrected chi connectivity index (χ2v) is 9.63. The molecular formula is C29H31NO8. The summed E-state index contributed by atoms with van der Waals surface area (Å²) < 4.78 is 17.0. The van der Waals surface area contributed by atoms with Gasteiger partial charge in [0.25, 0.3) is 5.91 Å². The molecule has 2 aromatic rings. The van der Waals surface area contributed by atoms with E-state index in [1.165, 1.54) is 33.1 Å². The molecule has 0 bridgehead atoms. The number of phenols is 1. The van der Waals surface area contributed by atoms with Gasteiger partial charge in [0.05, 0.1) is 19.3 Å². The van der Waals surface area contributed by atoms with Gasteiger partial charge in [-0.1, -0.05) is 6.92 Å². The molecule has 200 valence electrons. The Morgan fingerprint density at radius 2 is 1.79 bits per heavy atom. The van der Waals surface area contributed by atoms with Crippen molar-refractivity contribution in [1.29, 1.82) is 0 Å². The van der Waals surface area contributed by atoms with Crippen LogP contribution in [-0.2, 0) is 21.5 Å². The monoisotopic (exact) mass is 521 g/mol. The van der Waals surface area contributed by atoms with Crippen LogP contribution in [0.25, 0.3) is 0 Å². The van der Waals surface area contributed by atoms with Crippen molar-refractivity contribution < 1.29 is 38.8 Å². The predicted molar refractivity (Wildman–Crippen MR) is 139 cm³/mol. The molecule has 9 heteroatoms. The number of aromatic hydroxyl groups is 1. The number of amides is 1. The molecule has 0 saturated heterocycles. The summed E-state index contributed by atoms with van der Waals surface area (Å²) in [6, 6.07) is 5.07. The smallest absolute Gasteiger partial charge is 0.259 e. The topological polar surface area (TPSA) is 131 Å². The standard InChI is InChI=1S/C29H31NO8/c1-7-8-37-17-9-14(2)18(15(3)10-17)13-30-28(35)24-21(36-6)11-20(33)25-26(24)38-22-12-19(32)23(16(4)31)27(34)29(22,25)5/h9-12,32-33H,7-8,13H2,1-6H3,(H,30,35)/t29-/m1/s1. The van der Waals surface area contributed by atoms with Crippen molar-refractivity contribution in [3.63, 3.8) is 0 Å². The molecule has 2 aromatic carbocycles. The molecule has 1 amide bonds. The van der Waals surface area contributed by atoms with Crippen molar-refractivity contribution in [2.24, 2.45) is 0 Å². The maximum atomic E-state index is 13.5. The molecule has 3 N–H and O–H groups in total. The highest BCUT2D eigenvalue weighted by molar-refractivity contribution is 6.25. The molecule has 0 radical (unpaired) electrons. The average Bonchev–Trinajstić information content (AvgIpc) is 3.15. The molecule has 9 nitrogen and oxygen atoms in total. The van der Waals surface area contributed by atoms with Gasteiger partial charge in [0.15, 0.2) is 17.3 Å². The maximum absolute atomic E-state index is 13.5. The summed E-state index contributed by atoms with van der Waals surface area (Å²) in [5.41, 5.74) is 0.798. The van der Waals surface area contributed by atoms with Gasteiger partial charge in [0.1, 0.15) is 45.3 Å². The van der Waals surface area contributed by atoms with Crippen molar-refractivity contribution >= 4 is 17.5 Å². The molecule has 0 fully saturated rings. The lowest BCUT2D eigenvalue weighted by molar-refractivity contribution is -0.123. The van der Waals surface area contributed by atoms with Crippen molar-refractivity contribution in [3.05, 3.63) is 69.2 Å². The summed E-state index contributed by atoms with van der Waals surface area (Å²) >= 11 is 0. The van der Waals surface area contributed by atoms with Gasteiger partial charge < -0.3 is 29.7 Å². The van der Waals surface area contributed by atoms with Crippen LogP contribution in [0.5, 0.6) is 23.0 Å². The number of benzene rings is 2. The number of carbonyl (C=O) groups excluding carboxylic acids is 3. The summed E-state index contributed by atoms with van der Waals surface area (Å²) in [4.78, 5) is 39.0. The average molecular weight is 522 g/mol. The highest BCUT2D eigenvalue weighted by Crippen LogP contribution is 2.56. The minimum absolute atomic E-state index is 0.00744. The van der Waals surface area contributed by atoms with Crippen LogP contribution in [0.3, 0.4) is 0 Å². The summed E-state index contributed by atoms with van der Waals surface area (Å²) in [7, 11) is 1.34. The highest BCUT2D eigenvalue weighted by Gasteiger charge is 2.55. The molecule has 0 aromatic heterocycles. The van der Waals surface area contributed by atoms with Crippen molar-refractivity contribution in [3.8, 4) is 23.0 Å². The van der Waals surface area contributed by atoms with E-state index in [-0.39, 0.29) is 40.7 Å². The van der Waals surface area contributed by atoms with E-state index in [1.54, 1.807) is 0 Å². The molecule has 0 spiro atoms. The van der Waals surface area contributed by atoms with E-state index in [0.29, 0.717) is 6.61 Å². The Kier molecular flexibility index (Phi) is 6.97. The van der Waals surface area contributed by atoms with Crippen molar-refractivity contribution in [2.75, 3.05) is 13.7 Å². The number of aliphatic hydroxyl groups is 1. The minimum Gasteiger partial charge on any atom is -0.507 e. The fourth-order valence-electron chi connectivity index (χ4n) is 5.01. The van der Waals surface area contributed by atoms with Gasteiger partial charge >= 0.3 is 0 Å². The third-order valence-electron chi connectivity index (χ3n) is 7.00. The fraction of sp³-hybridized carbons (Fsp3) is 0.345. The van der Waals surface area contributed by atoms with Crippen LogP contribution in [0.1, 0.15) is 59.8 Å². The molecule has 1 aliphatic heterocycles. The molecule has 1 atom stereocenters. The lowest BCUT2D eigenvalue weighted by atomic mass is 9.71. The van der Waals surface area contributed by atoms with Gasteiger partial charge in [-0.25, -0.2) is 0 Å². The Balaban J connectivity index is 1.72. The first kappa shape index (κ1) is 26.8. The number of rotatable bonds is 8. The van der Waals surface area contributed by atoms with E-state index in [9.17, 15) is 24.6 Å². The third kappa shape index (κ3) is 4.17. The molecular weight excluding hydrogens is 490 g/mol. The van der Waals surface area contributed by atoms with Crippen LogP contribution in [0.4, 0.5) is 0 Å². The zero-order chi connectivity index (χ0) is 27.9.